The molecule has 0 N–H and O–H groups in total. The van der Waals surface area contributed by atoms with Gasteiger partial charge in [0.1, 0.15) is 0 Å². The van der Waals surface area contributed by atoms with E-state index in [2.05, 4.69) is 0 Å². The van der Waals surface area contributed by atoms with Crippen molar-refractivity contribution in [3.63, 3.8) is 0 Å². The van der Waals surface area contributed by atoms with Crippen LogP contribution in [0, 0.1) is 0 Å². The van der Waals surface area contributed by atoms with Gasteiger partial charge in [0.25, 0.3) is 0 Å². The van der Waals surface area contributed by atoms with Gasteiger partial charge in [0.15, 0.2) is 0 Å². The van der Waals surface area contributed by atoms with Crippen molar-refractivity contribution in [2.45, 2.75) is 137 Å². The topological polar surface area (TPSA) is 166 Å². The minimum Gasteiger partial charge on any atom is -0.382 e. The van der Waals surface area contributed by atoms with Crippen LogP contribution in [-0.2, 0) is 79.0 Å². The van der Waals surface area contributed by atoms with E-state index in [0.717, 1.165) is 13.2 Å². The molecule has 0 saturated carbocycles. The Labute approximate surface area is 373 Å². The third kappa shape index (κ3) is 33.1. The van der Waals surface area contributed by atoms with Crippen LogP contribution in [0.5, 0.6) is 0 Å². The molecule has 0 aromatic heterocycles. The number of ether oxygens (including phenoxy) is 1. The van der Waals surface area contributed by atoms with Gasteiger partial charge in [0, 0.05) is 132 Å². The van der Waals surface area contributed by atoms with Gasteiger partial charge in [-0.25, -0.2) is 0 Å². The maximum atomic E-state index is 6.22. The highest BCUT2D eigenvalue weighted by Gasteiger charge is 2.59. The molecule has 24 heteroatoms. The van der Waals surface area contributed by atoms with Crippen molar-refractivity contribution in [3.8, 4) is 0 Å². The van der Waals surface area contributed by atoms with Crippen LogP contribution < -0.4 is 0 Å². The zero-order valence-corrected chi connectivity index (χ0v) is 47.7. The Morgan fingerprint density at radius 1 is 0.200 bits per heavy atom. The van der Waals surface area contributed by atoms with Crippen LogP contribution in [0.25, 0.3) is 0 Å². The molecular formula is C36H92O18Si6. The lowest BCUT2D eigenvalue weighted by Crippen LogP contribution is -2.64. The fourth-order valence-corrected chi connectivity index (χ4v) is 21.3. The van der Waals surface area contributed by atoms with Crippen LogP contribution in [0.4, 0.5) is 0 Å². The molecule has 0 radical (unpaired) electrons. The van der Waals surface area contributed by atoms with Gasteiger partial charge < -0.3 is 79.0 Å². The first kappa shape index (κ1) is 67.2. The van der Waals surface area contributed by atoms with E-state index in [1.807, 2.05) is 137 Å². The second-order valence-electron chi connectivity index (χ2n) is 11.6. The van der Waals surface area contributed by atoms with Gasteiger partial charge in [-0.05, 0) is 111 Å². The van der Waals surface area contributed by atoms with Crippen molar-refractivity contribution in [1.29, 1.82) is 0 Å². The van der Waals surface area contributed by atoms with Crippen LogP contribution in [0.15, 0.2) is 0 Å². The van der Waals surface area contributed by atoms with Crippen LogP contribution >= 0.6 is 0 Å². The predicted molar refractivity (Wildman–Crippen MR) is 246 cm³/mol. The van der Waals surface area contributed by atoms with Crippen LogP contribution in [0.3, 0.4) is 0 Å². The SMILES string of the molecule is CCOCC.CCO[Si](C)(OCC)OCC.CCO[Si](C)(OCC)O[Si](OCC)(OCC)OCC.CCO[Si](C)(OCC)O[Si](OCC)(OCC)O[Si](C)(OCC)OCC. The molecule has 0 heterocycles. The van der Waals surface area contributed by atoms with Crippen molar-refractivity contribution in [2.24, 2.45) is 0 Å². The zero-order chi connectivity index (χ0) is 47.0. The number of hydrogen-bond acceptors (Lipinski definition) is 18. The van der Waals surface area contributed by atoms with Crippen molar-refractivity contribution < 1.29 is 79.0 Å². The van der Waals surface area contributed by atoms with Crippen LogP contribution in [0.1, 0.15) is 111 Å². The summed E-state index contributed by atoms with van der Waals surface area (Å²) in [6.07, 6.45) is 0. The van der Waals surface area contributed by atoms with Gasteiger partial charge >= 0.3 is 53.3 Å². The Bertz CT molecular complexity index is 838. The summed E-state index contributed by atoms with van der Waals surface area (Å²) >= 11 is 0. The molecule has 60 heavy (non-hydrogen) atoms. The summed E-state index contributed by atoms with van der Waals surface area (Å²) < 4.78 is 103. The molecule has 18 nitrogen and oxygen atoms in total. The summed E-state index contributed by atoms with van der Waals surface area (Å²) in [4.78, 5) is 0. The fraction of sp³-hybridized carbons (Fsp3) is 1.00. The molecule has 0 atom stereocenters. The first-order valence-corrected chi connectivity index (χ1v) is 34.2. The van der Waals surface area contributed by atoms with Crippen molar-refractivity contribution in [3.05, 3.63) is 0 Å². The molecule has 368 valence electrons. The average molecular weight is 982 g/mol. The van der Waals surface area contributed by atoms with E-state index in [1.165, 1.54) is 0 Å². The third-order valence-corrected chi connectivity index (χ3v) is 24.6. The summed E-state index contributed by atoms with van der Waals surface area (Å²) in [7, 11) is -17.9. The average Bonchev–Trinajstić information content (AvgIpc) is 3.14. The van der Waals surface area contributed by atoms with Gasteiger partial charge in [-0.2, -0.15) is 0 Å². The van der Waals surface area contributed by atoms with Crippen molar-refractivity contribution in [1.82, 2.24) is 0 Å². The smallest absolute Gasteiger partial charge is 0.382 e. The minimum atomic E-state index is -3.59. The molecule has 0 aliphatic heterocycles. The van der Waals surface area contributed by atoms with Gasteiger partial charge in [0.05, 0.1) is 0 Å². The van der Waals surface area contributed by atoms with Crippen molar-refractivity contribution >= 4 is 53.3 Å². The normalized spacial score (nSPS) is 12.6. The Morgan fingerprint density at radius 2 is 0.367 bits per heavy atom. The van der Waals surface area contributed by atoms with E-state index in [0.29, 0.717) is 92.5 Å². The van der Waals surface area contributed by atoms with E-state index in [1.54, 1.807) is 0 Å². The maximum absolute atomic E-state index is 6.22. The van der Waals surface area contributed by atoms with Crippen LogP contribution in [-0.4, -0.2) is 159 Å². The number of hydrogen-bond donors (Lipinski definition) is 0. The lowest BCUT2D eigenvalue weighted by molar-refractivity contribution is -0.0211. The monoisotopic (exact) mass is 980 g/mol. The van der Waals surface area contributed by atoms with E-state index in [4.69, 9.17) is 79.0 Å². The Balaban J connectivity index is -0.000000392. The van der Waals surface area contributed by atoms with Gasteiger partial charge in [0.2, 0.25) is 0 Å². The highest BCUT2D eigenvalue weighted by molar-refractivity contribution is 6.77. The van der Waals surface area contributed by atoms with E-state index in [-0.39, 0.29) is 0 Å². The second kappa shape index (κ2) is 41.0. The fourth-order valence-electron chi connectivity index (χ4n) is 4.95. The molecule has 0 aromatic rings. The first-order valence-electron chi connectivity index (χ1n) is 22.0. The second-order valence-corrected chi connectivity index (χ2v) is 27.0. The molecule has 0 aromatic carbocycles. The molecule has 0 bridgehead atoms. The molecular weight excluding hydrogens is 889 g/mol. The molecule has 0 spiro atoms. The summed E-state index contributed by atoms with van der Waals surface area (Å²) in [6, 6.07) is 0. The molecule has 0 rings (SSSR count). The summed E-state index contributed by atoms with van der Waals surface area (Å²) in [5.41, 5.74) is 0. The quantitative estimate of drug-likeness (QED) is 0.0560. The molecule has 0 aliphatic carbocycles. The van der Waals surface area contributed by atoms with E-state index < -0.39 is 53.3 Å². The van der Waals surface area contributed by atoms with Gasteiger partial charge in [-0.3, -0.25) is 0 Å². The highest BCUT2D eigenvalue weighted by atomic mass is 28.5. The maximum Gasteiger partial charge on any atom is 0.672 e. The van der Waals surface area contributed by atoms with Crippen LogP contribution in [0.2, 0.25) is 26.2 Å². The van der Waals surface area contributed by atoms with Gasteiger partial charge in [-0.1, -0.05) is 0 Å². The van der Waals surface area contributed by atoms with E-state index in [9.17, 15) is 0 Å². The summed E-state index contributed by atoms with van der Waals surface area (Å²) in [6.45, 7) is 46.5. The molecule has 0 amide bonds. The van der Waals surface area contributed by atoms with Gasteiger partial charge in [-0.15, -0.1) is 0 Å². The Morgan fingerprint density at radius 3 is 0.533 bits per heavy atom. The Kier molecular flexibility index (Phi) is 46.0. The first-order chi connectivity index (χ1) is 28.4. The summed E-state index contributed by atoms with van der Waals surface area (Å²) in [5.74, 6) is 0. The molecule has 0 unspecified atom stereocenters. The number of rotatable bonds is 36. The standard InChI is InChI=1S/C14H36O8Si3.C11H28O6Si2.C7H18O3Si.C4H10O/c1-9-15-23(7,16-10-2)21-25(19-13-5,20-14-6)22-24(8,17-11-3)18-12-4;1-7-12-18(6,13-8-2)17-19(14-9-3,15-10-4)16-11-5;1-5-8-11(4,9-6-2)10-7-3;1-3-5-4-2/h9-14H2,1-8H3;7-11H2,1-6H3;5-7H2,1-4H3;3-4H2,1-2H3. The summed E-state index contributed by atoms with van der Waals surface area (Å²) in [5, 5.41) is 0. The molecule has 0 aliphatic rings. The third-order valence-electron chi connectivity index (χ3n) is 6.60. The molecule has 0 fully saturated rings. The van der Waals surface area contributed by atoms with Crippen molar-refractivity contribution in [2.75, 3.05) is 106 Å². The molecule has 0 saturated heterocycles. The largest absolute Gasteiger partial charge is 0.672 e. The predicted octanol–water partition coefficient (Wildman–Crippen LogP) is 7.71. The minimum absolute atomic E-state index is 0.359. The Hall–Kier alpha value is 0.581. The lowest BCUT2D eigenvalue weighted by atomic mass is 10.8. The lowest BCUT2D eigenvalue weighted by Gasteiger charge is -2.38. The highest BCUT2D eigenvalue weighted by Crippen LogP contribution is 2.26. The van der Waals surface area contributed by atoms with E-state index >= 15 is 0 Å². The zero-order valence-electron chi connectivity index (χ0n) is 41.7.